The van der Waals surface area contributed by atoms with Gasteiger partial charge in [0.2, 0.25) is 10.0 Å². The fourth-order valence-corrected chi connectivity index (χ4v) is 4.09. The van der Waals surface area contributed by atoms with Crippen molar-refractivity contribution in [2.75, 3.05) is 5.32 Å². The second-order valence-corrected chi connectivity index (χ2v) is 9.12. The number of carbonyl (C=O) groups is 1. The van der Waals surface area contributed by atoms with Gasteiger partial charge >= 0.3 is 0 Å². The van der Waals surface area contributed by atoms with Gasteiger partial charge in [0.15, 0.2) is 0 Å². The maximum absolute atomic E-state index is 12.5. The Morgan fingerprint density at radius 1 is 1.16 bits per heavy atom. The second kappa shape index (κ2) is 8.03. The Morgan fingerprint density at radius 3 is 2.44 bits per heavy atom. The zero-order chi connectivity index (χ0) is 18.8. The van der Waals surface area contributed by atoms with Crippen molar-refractivity contribution in [2.45, 2.75) is 31.7 Å². The van der Waals surface area contributed by atoms with Crippen LogP contribution in [0.5, 0.6) is 0 Å². The summed E-state index contributed by atoms with van der Waals surface area (Å²) in [6, 6.07) is 9.32. The van der Waals surface area contributed by atoms with E-state index in [9.17, 15) is 13.2 Å². The molecule has 0 heterocycles. The van der Waals surface area contributed by atoms with Crippen molar-refractivity contribution in [3.8, 4) is 0 Å². The molecule has 0 aliphatic heterocycles. The molecule has 0 atom stereocenters. The average molecular weight is 493 g/mol. The van der Waals surface area contributed by atoms with Gasteiger partial charge < -0.3 is 5.32 Å². The summed E-state index contributed by atoms with van der Waals surface area (Å²) in [6.45, 7) is 5.42. The van der Waals surface area contributed by atoms with Crippen molar-refractivity contribution in [1.29, 1.82) is 0 Å². The summed E-state index contributed by atoms with van der Waals surface area (Å²) in [5.74, 6) is -0.466. The van der Waals surface area contributed by atoms with Gasteiger partial charge in [0.05, 0.1) is 15.5 Å². The number of halogens is 2. The summed E-state index contributed by atoms with van der Waals surface area (Å²) in [7, 11) is -3.71. The molecule has 0 bridgehead atoms. The van der Waals surface area contributed by atoms with E-state index in [1.54, 1.807) is 19.9 Å². The monoisotopic (exact) mass is 492 g/mol. The first-order valence-electron chi connectivity index (χ1n) is 7.49. The van der Waals surface area contributed by atoms with Crippen LogP contribution in [0.15, 0.2) is 41.3 Å². The van der Waals surface area contributed by atoms with E-state index in [0.29, 0.717) is 5.69 Å². The van der Waals surface area contributed by atoms with E-state index in [1.165, 1.54) is 18.2 Å². The van der Waals surface area contributed by atoms with Crippen LogP contribution in [-0.2, 0) is 10.0 Å². The molecule has 0 radical (unpaired) electrons. The van der Waals surface area contributed by atoms with Crippen LogP contribution >= 0.6 is 34.2 Å². The molecule has 5 nitrogen and oxygen atoms in total. The summed E-state index contributed by atoms with van der Waals surface area (Å²) in [5.41, 5.74) is 1.82. The number of rotatable bonds is 5. The third kappa shape index (κ3) is 5.16. The molecular weight excluding hydrogens is 475 g/mol. The van der Waals surface area contributed by atoms with Crippen molar-refractivity contribution in [2.24, 2.45) is 0 Å². The second-order valence-electron chi connectivity index (χ2n) is 5.84. The van der Waals surface area contributed by atoms with Gasteiger partial charge in [0.25, 0.3) is 5.91 Å². The Kier molecular flexibility index (Phi) is 6.47. The van der Waals surface area contributed by atoms with E-state index in [2.05, 4.69) is 32.6 Å². The minimum Gasteiger partial charge on any atom is -0.322 e. The van der Waals surface area contributed by atoms with E-state index >= 15 is 0 Å². The highest BCUT2D eigenvalue weighted by Crippen LogP contribution is 2.23. The fourth-order valence-electron chi connectivity index (χ4n) is 2.09. The highest BCUT2D eigenvalue weighted by atomic mass is 127. The number of benzene rings is 2. The lowest BCUT2D eigenvalue weighted by Crippen LogP contribution is -2.30. The number of carbonyl (C=O) groups excluding carboxylic acids is 1. The Morgan fingerprint density at radius 2 is 1.84 bits per heavy atom. The number of amides is 1. The molecule has 0 saturated heterocycles. The van der Waals surface area contributed by atoms with E-state index in [0.717, 1.165) is 9.13 Å². The number of hydrogen-bond donors (Lipinski definition) is 2. The highest BCUT2D eigenvalue weighted by Gasteiger charge is 2.19. The summed E-state index contributed by atoms with van der Waals surface area (Å²) in [4.78, 5) is 12.5. The molecule has 25 heavy (non-hydrogen) atoms. The van der Waals surface area contributed by atoms with Gasteiger partial charge in [0, 0.05) is 15.3 Å². The summed E-state index contributed by atoms with van der Waals surface area (Å²) >= 11 is 8.27. The maximum atomic E-state index is 12.5. The van der Waals surface area contributed by atoms with Gasteiger partial charge in [-0.1, -0.05) is 17.7 Å². The molecule has 0 spiro atoms. The van der Waals surface area contributed by atoms with Crippen LogP contribution in [0.1, 0.15) is 29.8 Å². The van der Waals surface area contributed by atoms with Gasteiger partial charge in [-0.15, -0.1) is 0 Å². The van der Waals surface area contributed by atoms with Crippen LogP contribution in [0.4, 0.5) is 5.69 Å². The first-order chi connectivity index (χ1) is 11.6. The van der Waals surface area contributed by atoms with Crippen molar-refractivity contribution in [1.82, 2.24) is 4.72 Å². The van der Waals surface area contributed by atoms with Crippen LogP contribution in [0.2, 0.25) is 5.02 Å². The van der Waals surface area contributed by atoms with Gasteiger partial charge in [-0.25, -0.2) is 13.1 Å². The third-order valence-corrected chi connectivity index (χ3v) is 6.46. The van der Waals surface area contributed by atoms with E-state index in [-0.39, 0.29) is 21.5 Å². The van der Waals surface area contributed by atoms with Crippen LogP contribution in [0, 0.1) is 10.5 Å². The van der Waals surface area contributed by atoms with Crippen LogP contribution in [0.25, 0.3) is 0 Å². The molecule has 1 amide bonds. The molecule has 8 heteroatoms. The third-order valence-electron chi connectivity index (χ3n) is 3.31. The van der Waals surface area contributed by atoms with Crippen LogP contribution in [0.3, 0.4) is 0 Å². The molecular formula is C17H18ClIN2O3S. The summed E-state index contributed by atoms with van der Waals surface area (Å²) in [5, 5.41) is 2.93. The lowest BCUT2D eigenvalue weighted by Gasteiger charge is -2.12. The molecule has 0 aliphatic rings. The van der Waals surface area contributed by atoms with Crippen LogP contribution < -0.4 is 10.0 Å². The van der Waals surface area contributed by atoms with E-state index in [1.807, 2.05) is 19.1 Å². The number of anilines is 1. The van der Waals surface area contributed by atoms with Gasteiger partial charge in [-0.05, 0) is 79.3 Å². The normalized spacial score (nSPS) is 11.6. The molecule has 0 aliphatic carbocycles. The number of hydrogen-bond acceptors (Lipinski definition) is 3. The summed E-state index contributed by atoms with van der Waals surface area (Å²) in [6.07, 6.45) is 0. The largest absolute Gasteiger partial charge is 0.322 e. The Labute approximate surface area is 166 Å². The maximum Gasteiger partial charge on any atom is 0.257 e. The van der Waals surface area contributed by atoms with Crippen molar-refractivity contribution in [3.05, 3.63) is 56.1 Å². The number of sulfonamides is 1. The predicted molar refractivity (Wildman–Crippen MR) is 109 cm³/mol. The standard InChI is InChI=1S/C17H18ClIN2O3S/c1-10(2)21-25(23,24)13-6-7-15(18)14(9-13)17(22)20-12-5-4-11(3)16(19)8-12/h4-10,21H,1-3H3,(H,20,22). The smallest absolute Gasteiger partial charge is 0.257 e. The molecule has 0 saturated carbocycles. The molecule has 2 rings (SSSR count). The quantitative estimate of drug-likeness (QED) is 0.615. The number of nitrogens with one attached hydrogen (secondary N) is 2. The number of aryl methyl sites for hydroxylation is 1. The SMILES string of the molecule is Cc1ccc(NC(=O)c2cc(S(=O)(=O)NC(C)C)ccc2Cl)cc1I. The topological polar surface area (TPSA) is 75.3 Å². The molecule has 2 N–H and O–H groups in total. The first kappa shape index (κ1) is 20.2. The Balaban J connectivity index is 2.33. The van der Waals surface area contributed by atoms with Crippen molar-refractivity contribution < 1.29 is 13.2 Å². The zero-order valence-corrected chi connectivity index (χ0v) is 17.7. The minimum atomic E-state index is -3.71. The molecule has 134 valence electrons. The van der Waals surface area contributed by atoms with E-state index in [4.69, 9.17) is 11.6 Å². The lowest BCUT2D eigenvalue weighted by molar-refractivity contribution is 0.102. The Hall–Kier alpha value is -1.16. The zero-order valence-electron chi connectivity index (χ0n) is 13.9. The van der Waals surface area contributed by atoms with Gasteiger partial charge in [-0.2, -0.15) is 0 Å². The molecule has 0 fully saturated rings. The molecule has 2 aromatic carbocycles. The average Bonchev–Trinajstić information content (AvgIpc) is 2.49. The van der Waals surface area contributed by atoms with Crippen LogP contribution in [-0.4, -0.2) is 20.4 Å². The molecule has 0 unspecified atom stereocenters. The lowest BCUT2D eigenvalue weighted by atomic mass is 10.2. The molecule has 0 aromatic heterocycles. The van der Waals surface area contributed by atoms with Gasteiger partial charge in [0.1, 0.15) is 0 Å². The predicted octanol–water partition coefficient (Wildman–Crippen LogP) is 4.19. The van der Waals surface area contributed by atoms with Gasteiger partial charge in [-0.3, -0.25) is 4.79 Å². The fraction of sp³-hybridized carbons (Fsp3) is 0.235. The summed E-state index contributed by atoms with van der Waals surface area (Å²) < 4.78 is 28.1. The first-order valence-corrected chi connectivity index (χ1v) is 10.4. The van der Waals surface area contributed by atoms with E-state index < -0.39 is 15.9 Å². The highest BCUT2D eigenvalue weighted by molar-refractivity contribution is 14.1. The van der Waals surface area contributed by atoms with Crippen molar-refractivity contribution in [3.63, 3.8) is 0 Å². The minimum absolute atomic E-state index is 0.00534. The Bertz CT molecular complexity index is 914. The van der Waals surface area contributed by atoms with Crippen molar-refractivity contribution >= 4 is 55.8 Å². The molecule has 2 aromatic rings.